The number of carbonyl (C=O) groups excluding carboxylic acids is 1. The molecule has 1 aromatic rings. The average molecular weight is 317 g/mol. The Labute approximate surface area is 114 Å². The van der Waals surface area contributed by atoms with Crippen LogP contribution < -0.4 is 5.73 Å². The van der Waals surface area contributed by atoms with E-state index in [2.05, 4.69) is 15.9 Å². The third-order valence-corrected chi connectivity index (χ3v) is 3.34. The van der Waals surface area contributed by atoms with E-state index in [9.17, 15) is 9.90 Å². The van der Waals surface area contributed by atoms with E-state index in [1.165, 1.54) is 11.0 Å². The van der Waals surface area contributed by atoms with Crippen molar-refractivity contribution >= 4 is 39.0 Å². The Morgan fingerprint density at radius 1 is 1.59 bits per heavy atom. The van der Waals surface area contributed by atoms with Gasteiger partial charge in [-0.05, 0) is 25.1 Å². The number of nitrogens with two attached hydrogens (primary N) is 1. The van der Waals surface area contributed by atoms with E-state index in [0.717, 1.165) is 4.47 Å². The van der Waals surface area contributed by atoms with Crippen LogP contribution in [0, 0.1) is 0 Å². The van der Waals surface area contributed by atoms with Crippen molar-refractivity contribution in [3.05, 3.63) is 28.2 Å². The number of likely N-dealkylation sites (N-methyl/N-ethyl adjacent to an activating group) is 1. The minimum atomic E-state index is -0.365. The van der Waals surface area contributed by atoms with Crippen molar-refractivity contribution in [2.24, 2.45) is 5.73 Å². The van der Waals surface area contributed by atoms with Gasteiger partial charge in [-0.2, -0.15) is 0 Å². The summed E-state index contributed by atoms with van der Waals surface area (Å²) in [6.07, 6.45) is 0. The predicted molar refractivity (Wildman–Crippen MR) is 74.1 cm³/mol. The number of phenols is 1. The van der Waals surface area contributed by atoms with Gasteiger partial charge in [-0.1, -0.05) is 28.1 Å². The van der Waals surface area contributed by atoms with Crippen molar-refractivity contribution in [2.45, 2.75) is 13.0 Å². The molecule has 92 valence electrons. The SMILES string of the molecule is CC(C(N)=S)N(C)C(=O)c1cc(Br)ccc1O. The highest BCUT2D eigenvalue weighted by Crippen LogP contribution is 2.23. The van der Waals surface area contributed by atoms with Crippen LogP contribution in [0.15, 0.2) is 22.7 Å². The van der Waals surface area contributed by atoms with Gasteiger partial charge in [0.2, 0.25) is 0 Å². The van der Waals surface area contributed by atoms with Crippen molar-refractivity contribution in [2.75, 3.05) is 7.05 Å². The molecule has 4 nitrogen and oxygen atoms in total. The van der Waals surface area contributed by atoms with E-state index in [0.29, 0.717) is 0 Å². The van der Waals surface area contributed by atoms with Gasteiger partial charge in [0.15, 0.2) is 0 Å². The normalized spacial score (nSPS) is 11.9. The summed E-state index contributed by atoms with van der Waals surface area (Å²) >= 11 is 8.08. The van der Waals surface area contributed by atoms with E-state index in [-0.39, 0.29) is 28.3 Å². The summed E-state index contributed by atoms with van der Waals surface area (Å²) in [6, 6.07) is 4.30. The Balaban J connectivity index is 3.04. The van der Waals surface area contributed by atoms with Crippen LogP contribution in [0.5, 0.6) is 5.75 Å². The average Bonchev–Trinajstić information content (AvgIpc) is 2.29. The fourth-order valence-corrected chi connectivity index (χ4v) is 1.76. The summed E-state index contributed by atoms with van der Waals surface area (Å²) in [7, 11) is 1.59. The summed E-state index contributed by atoms with van der Waals surface area (Å²) in [5.41, 5.74) is 5.70. The topological polar surface area (TPSA) is 66.6 Å². The maximum Gasteiger partial charge on any atom is 0.257 e. The molecule has 1 amide bonds. The van der Waals surface area contributed by atoms with Gasteiger partial charge in [-0.3, -0.25) is 4.79 Å². The first-order valence-electron chi connectivity index (χ1n) is 4.89. The fraction of sp³-hybridized carbons (Fsp3) is 0.273. The maximum atomic E-state index is 12.1. The first kappa shape index (κ1) is 13.9. The fourth-order valence-electron chi connectivity index (χ4n) is 1.24. The van der Waals surface area contributed by atoms with E-state index in [1.807, 2.05) is 0 Å². The molecule has 1 rings (SSSR count). The zero-order chi connectivity index (χ0) is 13.2. The second-order valence-electron chi connectivity index (χ2n) is 3.66. The first-order valence-corrected chi connectivity index (χ1v) is 6.09. The molecule has 0 saturated carbocycles. The van der Waals surface area contributed by atoms with E-state index in [4.69, 9.17) is 18.0 Å². The maximum absolute atomic E-state index is 12.1. The molecule has 17 heavy (non-hydrogen) atoms. The Morgan fingerprint density at radius 3 is 2.71 bits per heavy atom. The summed E-state index contributed by atoms with van der Waals surface area (Å²) < 4.78 is 0.718. The van der Waals surface area contributed by atoms with Crippen molar-refractivity contribution in [1.29, 1.82) is 0 Å². The highest BCUT2D eigenvalue weighted by molar-refractivity contribution is 9.10. The third-order valence-electron chi connectivity index (χ3n) is 2.50. The minimum absolute atomic E-state index is 0.0693. The smallest absolute Gasteiger partial charge is 0.257 e. The molecular formula is C11H13BrN2O2S. The predicted octanol–water partition coefficient (Wildman–Crippen LogP) is 1.90. The van der Waals surface area contributed by atoms with E-state index >= 15 is 0 Å². The summed E-state index contributed by atoms with van der Waals surface area (Å²) in [4.78, 5) is 13.7. The Morgan fingerprint density at radius 2 is 2.18 bits per heavy atom. The number of thiocarbonyl (C=S) groups is 1. The number of aromatic hydroxyl groups is 1. The second-order valence-corrected chi connectivity index (χ2v) is 5.04. The van der Waals surface area contributed by atoms with Crippen molar-refractivity contribution in [1.82, 2.24) is 4.90 Å². The summed E-state index contributed by atoms with van der Waals surface area (Å²) in [6.45, 7) is 1.73. The van der Waals surface area contributed by atoms with Crippen LogP contribution in [0.1, 0.15) is 17.3 Å². The van der Waals surface area contributed by atoms with Crippen molar-refractivity contribution in [3.63, 3.8) is 0 Å². The molecular weight excluding hydrogens is 304 g/mol. The van der Waals surface area contributed by atoms with E-state index in [1.54, 1.807) is 26.1 Å². The van der Waals surface area contributed by atoms with Gasteiger partial charge >= 0.3 is 0 Å². The first-order chi connectivity index (χ1) is 7.84. The van der Waals surface area contributed by atoms with Gasteiger partial charge < -0.3 is 15.7 Å². The lowest BCUT2D eigenvalue weighted by Crippen LogP contribution is -2.42. The highest BCUT2D eigenvalue weighted by Gasteiger charge is 2.21. The lowest BCUT2D eigenvalue weighted by molar-refractivity contribution is 0.0776. The number of carbonyl (C=O) groups is 1. The Kier molecular flexibility index (Phi) is 4.47. The molecule has 1 unspecified atom stereocenters. The standard InChI is InChI=1S/C11H13BrN2O2S/c1-6(10(13)17)14(2)11(16)8-5-7(12)3-4-9(8)15/h3-6,15H,1-2H3,(H2,13,17). The Bertz CT molecular complexity index is 465. The molecule has 0 aromatic heterocycles. The number of nitrogens with zero attached hydrogens (tertiary/aromatic N) is 1. The van der Waals surface area contributed by atoms with Gasteiger partial charge in [-0.25, -0.2) is 0 Å². The molecule has 0 fully saturated rings. The zero-order valence-electron chi connectivity index (χ0n) is 9.48. The van der Waals surface area contributed by atoms with Gasteiger partial charge in [0.05, 0.1) is 16.6 Å². The molecule has 0 bridgehead atoms. The van der Waals surface area contributed by atoms with Crippen LogP contribution in [0.3, 0.4) is 0 Å². The monoisotopic (exact) mass is 316 g/mol. The summed E-state index contributed by atoms with van der Waals surface area (Å²) in [5, 5.41) is 9.64. The quantitative estimate of drug-likeness (QED) is 0.836. The summed E-state index contributed by atoms with van der Waals surface area (Å²) in [5.74, 6) is -0.399. The minimum Gasteiger partial charge on any atom is -0.507 e. The van der Waals surface area contributed by atoms with Crippen molar-refractivity contribution < 1.29 is 9.90 Å². The molecule has 0 heterocycles. The largest absolute Gasteiger partial charge is 0.507 e. The van der Waals surface area contributed by atoms with Gasteiger partial charge in [-0.15, -0.1) is 0 Å². The molecule has 0 aliphatic heterocycles. The number of hydrogen-bond donors (Lipinski definition) is 2. The van der Waals surface area contributed by atoms with Crippen LogP contribution in [0.4, 0.5) is 0 Å². The molecule has 0 radical (unpaired) electrons. The highest BCUT2D eigenvalue weighted by atomic mass is 79.9. The van der Waals surface area contributed by atoms with Crippen LogP contribution in [0.2, 0.25) is 0 Å². The van der Waals surface area contributed by atoms with Crippen LogP contribution in [0.25, 0.3) is 0 Å². The Hall–Kier alpha value is -1.14. The molecule has 0 aliphatic carbocycles. The van der Waals surface area contributed by atoms with Gasteiger partial charge in [0.25, 0.3) is 5.91 Å². The molecule has 1 atom stereocenters. The number of hydrogen-bond acceptors (Lipinski definition) is 3. The van der Waals surface area contributed by atoms with Crippen molar-refractivity contribution in [3.8, 4) is 5.75 Å². The molecule has 0 aliphatic rings. The number of benzene rings is 1. The van der Waals surface area contributed by atoms with E-state index < -0.39 is 0 Å². The molecule has 0 saturated heterocycles. The molecule has 6 heteroatoms. The van der Waals surface area contributed by atoms with Crippen LogP contribution in [-0.4, -0.2) is 34.0 Å². The third kappa shape index (κ3) is 3.17. The lowest BCUT2D eigenvalue weighted by Gasteiger charge is -2.24. The van der Waals surface area contributed by atoms with Gasteiger partial charge in [0, 0.05) is 11.5 Å². The number of phenolic OH excluding ortho intramolecular Hbond substituents is 1. The van der Waals surface area contributed by atoms with Crippen LogP contribution in [-0.2, 0) is 0 Å². The van der Waals surface area contributed by atoms with Crippen LogP contribution >= 0.6 is 28.1 Å². The second kappa shape index (κ2) is 5.46. The number of amides is 1. The molecule has 1 aromatic carbocycles. The number of rotatable bonds is 3. The molecule has 0 spiro atoms. The zero-order valence-corrected chi connectivity index (χ0v) is 11.9. The molecule has 3 N–H and O–H groups in total. The lowest BCUT2D eigenvalue weighted by atomic mass is 10.1. The van der Waals surface area contributed by atoms with Gasteiger partial charge in [0.1, 0.15) is 5.75 Å². The number of halogens is 1.